The third-order valence-electron chi connectivity index (χ3n) is 2.50. The van der Waals surface area contributed by atoms with Crippen LogP contribution in [0, 0.1) is 0 Å². The van der Waals surface area contributed by atoms with Crippen LogP contribution >= 0.6 is 11.5 Å². The number of aryl methyl sites for hydroxylation is 1. The molecule has 1 aliphatic heterocycles. The maximum atomic E-state index is 11.2. The van der Waals surface area contributed by atoms with Gasteiger partial charge in [-0.2, -0.15) is 4.37 Å². The van der Waals surface area contributed by atoms with Crippen LogP contribution in [0.4, 0.5) is 5.13 Å². The molecule has 0 atom stereocenters. The first-order chi connectivity index (χ1) is 7.28. The molecule has 6 heteroatoms. The zero-order valence-electron chi connectivity index (χ0n) is 8.73. The summed E-state index contributed by atoms with van der Waals surface area (Å²) in [4.78, 5) is 4.36. The Morgan fingerprint density at radius 3 is 2.87 bits per heavy atom. The van der Waals surface area contributed by atoms with Gasteiger partial charge in [0.05, 0.1) is 0 Å². The number of nitrogens with zero attached hydrogens (tertiary/aromatic N) is 2. The molecule has 0 unspecified atom stereocenters. The molecule has 0 bridgehead atoms. The fourth-order valence-electron chi connectivity index (χ4n) is 1.57. The Balaban J connectivity index is 1.88. The van der Waals surface area contributed by atoms with E-state index in [-0.39, 0.29) is 0 Å². The van der Waals surface area contributed by atoms with E-state index in [1.54, 1.807) is 0 Å². The molecule has 1 N–H and O–H groups in total. The lowest BCUT2D eigenvalue weighted by molar-refractivity contribution is 0.623. The molecule has 1 aromatic heterocycles. The molecule has 2 heterocycles. The van der Waals surface area contributed by atoms with E-state index in [9.17, 15) is 4.21 Å². The van der Waals surface area contributed by atoms with Crippen molar-refractivity contribution in [2.45, 2.75) is 32.2 Å². The Morgan fingerprint density at radius 2 is 2.27 bits per heavy atom. The van der Waals surface area contributed by atoms with Gasteiger partial charge in [0.15, 0.2) is 0 Å². The summed E-state index contributed by atoms with van der Waals surface area (Å²) in [5.41, 5.74) is 0. The van der Waals surface area contributed by atoms with Crippen LogP contribution in [0.3, 0.4) is 0 Å². The largest absolute Gasteiger partial charge is 0.357 e. The van der Waals surface area contributed by atoms with Crippen molar-refractivity contribution in [3.8, 4) is 0 Å². The van der Waals surface area contributed by atoms with Crippen molar-refractivity contribution in [3.63, 3.8) is 0 Å². The van der Waals surface area contributed by atoms with Gasteiger partial charge in [0.2, 0.25) is 5.13 Å². The van der Waals surface area contributed by atoms with Gasteiger partial charge in [-0.15, -0.1) is 0 Å². The highest BCUT2D eigenvalue weighted by Crippen LogP contribution is 2.18. The number of hydrogen-bond donors (Lipinski definition) is 1. The summed E-state index contributed by atoms with van der Waals surface area (Å²) in [6.07, 6.45) is 2.84. The lowest BCUT2D eigenvalue weighted by atomic mass is 10.2. The van der Waals surface area contributed by atoms with Crippen LogP contribution in [0.25, 0.3) is 0 Å². The molecular weight excluding hydrogens is 230 g/mol. The molecular formula is C9H15N3OS2. The van der Waals surface area contributed by atoms with Crippen LogP contribution in [0.5, 0.6) is 0 Å². The molecule has 0 radical (unpaired) electrons. The van der Waals surface area contributed by atoms with Crippen molar-refractivity contribution in [2.24, 2.45) is 0 Å². The highest BCUT2D eigenvalue weighted by molar-refractivity contribution is 7.85. The quantitative estimate of drug-likeness (QED) is 0.875. The molecule has 1 aliphatic rings. The first-order valence-electron chi connectivity index (χ1n) is 5.22. The van der Waals surface area contributed by atoms with Crippen LogP contribution in [-0.2, 0) is 17.2 Å². The molecule has 4 nitrogen and oxygen atoms in total. The highest BCUT2D eigenvalue weighted by Gasteiger charge is 2.18. The molecule has 0 spiro atoms. The first-order valence-corrected chi connectivity index (χ1v) is 7.48. The van der Waals surface area contributed by atoms with Gasteiger partial charge in [0, 0.05) is 46.3 Å². The van der Waals surface area contributed by atoms with Gasteiger partial charge in [0.1, 0.15) is 5.82 Å². The molecule has 1 fully saturated rings. The van der Waals surface area contributed by atoms with Gasteiger partial charge in [-0.3, -0.25) is 4.21 Å². The summed E-state index contributed by atoms with van der Waals surface area (Å²) in [5, 5.41) is 4.27. The van der Waals surface area contributed by atoms with Crippen LogP contribution in [0.2, 0.25) is 0 Å². The van der Waals surface area contributed by atoms with Crippen LogP contribution in [0.15, 0.2) is 0 Å². The van der Waals surface area contributed by atoms with E-state index in [2.05, 4.69) is 21.6 Å². The minimum atomic E-state index is -0.588. The van der Waals surface area contributed by atoms with Crippen LogP contribution < -0.4 is 5.32 Å². The second kappa shape index (κ2) is 5.03. The standard InChI is InChI=1S/C9H15N3OS2/c1-2-8-11-9(14-12-8)10-7-3-5-15(13)6-4-7/h7H,2-6H2,1H3,(H,10,11,12). The second-order valence-corrected chi connectivity index (χ2v) is 6.08. The third-order valence-corrected chi connectivity index (χ3v) is 4.57. The smallest absolute Gasteiger partial charge is 0.202 e. The van der Waals surface area contributed by atoms with Crippen molar-refractivity contribution in [1.29, 1.82) is 0 Å². The van der Waals surface area contributed by atoms with E-state index in [4.69, 9.17) is 0 Å². The molecule has 0 amide bonds. The normalized spacial score (nSPS) is 26.5. The molecule has 0 saturated carbocycles. The SMILES string of the molecule is CCc1nsc(NC2CCS(=O)CC2)n1. The molecule has 1 saturated heterocycles. The van der Waals surface area contributed by atoms with Crippen molar-refractivity contribution < 1.29 is 4.21 Å². The summed E-state index contributed by atoms with van der Waals surface area (Å²) in [5.74, 6) is 2.54. The molecule has 84 valence electrons. The van der Waals surface area contributed by atoms with Gasteiger partial charge in [-0.25, -0.2) is 4.98 Å². The Hall–Kier alpha value is -0.490. The summed E-state index contributed by atoms with van der Waals surface area (Å²) in [6.45, 7) is 2.05. The number of rotatable bonds is 3. The summed E-state index contributed by atoms with van der Waals surface area (Å²) in [6, 6.07) is 0.431. The van der Waals surface area contributed by atoms with E-state index in [0.717, 1.165) is 41.7 Å². The van der Waals surface area contributed by atoms with E-state index in [1.165, 1.54) is 11.5 Å². The Morgan fingerprint density at radius 1 is 1.53 bits per heavy atom. The third kappa shape index (κ3) is 2.98. The van der Waals surface area contributed by atoms with Crippen LogP contribution in [-0.4, -0.2) is 31.1 Å². The lowest BCUT2D eigenvalue weighted by Gasteiger charge is -2.21. The topological polar surface area (TPSA) is 54.9 Å². The predicted octanol–water partition coefficient (Wildman–Crippen LogP) is 1.42. The lowest BCUT2D eigenvalue weighted by Crippen LogP contribution is -2.29. The average Bonchev–Trinajstić information content (AvgIpc) is 2.69. The van der Waals surface area contributed by atoms with Crippen molar-refractivity contribution in [2.75, 3.05) is 16.8 Å². The van der Waals surface area contributed by atoms with Gasteiger partial charge < -0.3 is 5.32 Å². The fraction of sp³-hybridized carbons (Fsp3) is 0.778. The van der Waals surface area contributed by atoms with Gasteiger partial charge in [-0.05, 0) is 12.8 Å². The van der Waals surface area contributed by atoms with Gasteiger partial charge >= 0.3 is 0 Å². The monoisotopic (exact) mass is 245 g/mol. The Labute approximate surface area is 96.1 Å². The van der Waals surface area contributed by atoms with E-state index < -0.39 is 10.8 Å². The van der Waals surface area contributed by atoms with Gasteiger partial charge in [0.25, 0.3) is 0 Å². The summed E-state index contributed by atoms with van der Waals surface area (Å²) < 4.78 is 15.4. The summed E-state index contributed by atoms with van der Waals surface area (Å²) in [7, 11) is -0.588. The molecule has 0 aliphatic carbocycles. The fourth-order valence-corrected chi connectivity index (χ4v) is 3.60. The zero-order chi connectivity index (χ0) is 10.7. The molecule has 1 aromatic rings. The van der Waals surface area contributed by atoms with Crippen molar-refractivity contribution in [3.05, 3.63) is 5.82 Å². The molecule has 2 rings (SSSR count). The van der Waals surface area contributed by atoms with Crippen molar-refractivity contribution in [1.82, 2.24) is 9.36 Å². The Kier molecular flexibility index (Phi) is 3.69. The second-order valence-electron chi connectivity index (χ2n) is 3.64. The van der Waals surface area contributed by atoms with E-state index >= 15 is 0 Å². The van der Waals surface area contributed by atoms with Crippen LogP contribution in [0.1, 0.15) is 25.6 Å². The van der Waals surface area contributed by atoms with E-state index in [0.29, 0.717) is 6.04 Å². The zero-order valence-corrected chi connectivity index (χ0v) is 10.4. The average molecular weight is 245 g/mol. The maximum absolute atomic E-state index is 11.2. The van der Waals surface area contributed by atoms with Gasteiger partial charge in [-0.1, -0.05) is 6.92 Å². The molecule has 0 aromatic carbocycles. The number of hydrogen-bond acceptors (Lipinski definition) is 5. The highest BCUT2D eigenvalue weighted by atomic mass is 32.2. The number of nitrogens with one attached hydrogen (secondary N) is 1. The number of aromatic nitrogens is 2. The minimum absolute atomic E-state index is 0.431. The first kappa shape index (κ1) is 11.0. The molecule has 15 heavy (non-hydrogen) atoms. The summed E-state index contributed by atoms with van der Waals surface area (Å²) >= 11 is 1.42. The van der Waals surface area contributed by atoms with Crippen molar-refractivity contribution >= 4 is 27.5 Å². The minimum Gasteiger partial charge on any atom is -0.357 e. The Bertz CT molecular complexity index is 343. The number of anilines is 1. The predicted molar refractivity (Wildman–Crippen MR) is 63.8 cm³/mol. The maximum Gasteiger partial charge on any atom is 0.202 e. The van der Waals surface area contributed by atoms with E-state index in [1.807, 2.05) is 0 Å².